The number of halogens is 1. The lowest BCUT2D eigenvalue weighted by Gasteiger charge is -2.01. The molecule has 4 heteroatoms. The number of nitrogens with zero attached hydrogens (tertiary/aromatic N) is 1. The Kier molecular flexibility index (Phi) is 4.44. The van der Waals surface area contributed by atoms with Crippen LogP contribution in [-0.2, 0) is 0 Å². The van der Waals surface area contributed by atoms with Gasteiger partial charge in [-0.15, -0.1) is 0 Å². The second-order valence-corrected chi connectivity index (χ2v) is 3.28. The molecule has 1 aromatic heterocycles. The Balaban J connectivity index is 2.92. The Bertz CT molecular complexity index is 368. The van der Waals surface area contributed by atoms with Gasteiger partial charge in [-0.3, -0.25) is 0 Å². The Morgan fingerprint density at radius 3 is 3.00 bits per heavy atom. The van der Waals surface area contributed by atoms with Crippen LogP contribution in [0.15, 0.2) is 16.7 Å². The van der Waals surface area contributed by atoms with Crippen molar-refractivity contribution in [2.24, 2.45) is 0 Å². The summed E-state index contributed by atoms with van der Waals surface area (Å²) in [5.41, 5.74) is 0.726. The van der Waals surface area contributed by atoms with Crippen molar-refractivity contribution in [2.75, 3.05) is 13.7 Å². The third-order valence-corrected chi connectivity index (χ3v) is 1.92. The first kappa shape index (κ1) is 11.0. The number of aliphatic hydroxyl groups excluding tert-OH is 1. The molecule has 0 spiro atoms. The van der Waals surface area contributed by atoms with Crippen LogP contribution < -0.4 is 4.74 Å². The summed E-state index contributed by atoms with van der Waals surface area (Å²) >= 11 is 3.24. The van der Waals surface area contributed by atoms with Gasteiger partial charge in [-0.1, -0.05) is 11.8 Å². The molecule has 1 aromatic rings. The van der Waals surface area contributed by atoms with Crippen molar-refractivity contribution in [3.05, 3.63) is 22.3 Å². The van der Waals surface area contributed by atoms with E-state index in [9.17, 15) is 0 Å². The summed E-state index contributed by atoms with van der Waals surface area (Å²) in [5.74, 6) is 6.17. The fraction of sp³-hybridized carbons (Fsp3) is 0.300. The van der Waals surface area contributed by atoms with Gasteiger partial charge in [0.1, 0.15) is 4.60 Å². The number of aliphatic hydroxyl groups is 1. The van der Waals surface area contributed by atoms with E-state index in [0.717, 1.165) is 5.56 Å². The molecule has 1 heterocycles. The smallest absolute Gasteiger partial charge is 0.230 e. The molecule has 0 radical (unpaired) electrons. The predicted octanol–water partition coefficient (Wildman–Crippen LogP) is 1.59. The van der Waals surface area contributed by atoms with Crippen molar-refractivity contribution in [1.82, 2.24) is 4.98 Å². The SMILES string of the molecule is COc1nc(Br)ccc1C#CCCO. The summed E-state index contributed by atoms with van der Waals surface area (Å²) in [6.07, 6.45) is 0.458. The Morgan fingerprint density at radius 2 is 2.36 bits per heavy atom. The lowest BCUT2D eigenvalue weighted by atomic mass is 10.2. The number of methoxy groups -OCH3 is 1. The van der Waals surface area contributed by atoms with Crippen LogP contribution in [0.2, 0.25) is 0 Å². The monoisotopic (exact) mass is 255 g/mol. The van der Waals surface area contributed by atoms with Gasteiger partial charge in [0.05, 0.1) is 19.3 Å². The minimum atomic E-state index is 0.0687. The first-order valence-corrected chi connectivity index (χ1v) is 4.87. The molecule has 0 unspecified atom stereocenters. The maximum absolute atomic E-state index is 8.56. The van der Waals surface area contributed by atoms with Crippen molar-refractivity contribution in [3.63, 3.8) is 0 Å². The largest absolute Gasteiger partial charge is 0.480 e. The number of hydrogen-bond donors (Lipinski definition) is 1. The predicted molar refractivity (Wildman–Crippen MR) is 57.1 cm³/mol. The van der Waals surface area contributed by atoms with Gasteiger partial charge in [0.15, 0.2) is 0 Å². The van der Waals surface area contributed by atoms with Crippen LogP contribution in [0.25, 0.3) is 0 Å². The normalized spacial score (nSPS) is 9.07. The molecule has 0 bridgehead atoms. The molecule has 0 atom stereocenters. The van der Waals surface area contributed by atoms with Crippen molar-refractivity contribution in [1.29, 1.82) is 0 Å². The number of aromatic nitrogens is 1. The fourth-order valence-corrected chi connectivity index (χ4v) is 1.18. The zero-order valence-corrected chi connectivity index (χ0v) is 9.34. The molecule has 0 aliphatic rings. The van der Waals surface area contributed by atoms with E-state index in [-0.39, 0.29) is 6.61 Å². The summed E-state index contributed by atoms with van der Waals surface area (Å²) in [4.78, 5) is 4.10. The van der Waals surface area contributed by atoms with E-state index < -0.39 is 0 Å². The van der Waals surface area contributed by atoms with Gasteiger partial charge in [-0.25, -0.2) is 4.98 Å². The van der Waals surface area contributed by atoms with E-state index in [0.29, 0.717) is 16.9 Å². The molecular weight excluding hydrogens is 246 g/mol. The lowest BCUT2D eigenvalue weighted by molar-refractivity contribution is 0.305. The van der Waals surface area contributed by atoms with E-state index in [1.165, 1.54) is 0 Å². The number of hydrogen-bond acceptors (Lipinski definition) is 3. The topological polar surface area (TPSA) is 42.4 Å². The van der Waals surface area contributed by atoms with Crippen molar-refractivity contribution in [2.45, 2.75) is 6.42 Å². The minimum absolute atomic E-state index is 0.0687. The molecule has 74 valence electrons. The second-order valence-electron chi connectivity index (χ2n) is 2.47. The summed E-state index contributed by atoms with van der Waals surface area (Å²) < 4.78 is 5.76. The molecule has 0 saturated carbocycles. The minimum Gasteiger partial charge on any atom is -0.480 e. The highest BCUT2D eigenvalue weighted by atomic mass is 79.9. The highest BCUT2D eigenvalue weighted by Gasteiger charge is 2.01. The van der Waals surface area contributed by atoms with E-state index in [1.54, 1.807) is 13.2 Å². The van der Waals surface area contributed by atoms with Gasteiger partial charge in [0.25, 0.3) is 0 Å². The maximum atomic E-state index is 8.56. The second kappa shape index (κ2) is 5.63. The summed E-state index contributed by atoms with van der Waals surface area (Å²) in [7, 11) is 1.55. The summed E-state index contributed by atoms with van der Waals surface area (Å²) in [5, 5.41) is 8.56. The van der Waals surface area contributed by atoms with Crippen molar-refractivity contribution >= 4 is 15.9 Å². The highest BCUT2D eigenvalue weighted by molar-refractivity contribution is 9.10. The Hall–Kier alpha value is -1.05. The van der Waals surface area contributed by atoms with Gasteiger partial charge in [-0.2, -0.15) is 0 Å². The molecule has 0 aromatic carbocycles. The van der Waals surface area contributed by atoms with Gasteiger partial charge in [0, 0.05) is 6.42 Å². The van der Waals surface area contributed by atoms with E-state index in [2.05, 4.69) is 32.8 Å². The van der Waals surface area contributed by atoms with Crippen LogP contribution in [-0.4, -0.2) is 23.8 Å². The van der Waals surface area contributed by atoms with Crippen molar-refractivity contribution in [3.8, 4) is 17.7 Å². The Labute approximate surface area is 91.3 Å². The summed E-state index contributed by atoms with van der Waals surface area (Å²) in [6, 6.07) is 3.62. The highest BCUT2D eigenvalue weighted by Crippen LogP contribution is 2.17. The molecule has 1 rings (SSSR count). The van der Waals surface area contributed by atoms with E-state index in [1.807, 2.05) is 6.07 Å². The third kappa shape index (κ3) is 3.02. The average Bonchev–Trinajstić information content (AvgIpc) is 2.20. The number of pyridine rings is 1. The first-order chi connectivity index (χ1) is 6.77. The molecule has 3 nitrogen and oxygen atoms in total. The number of ether oxygens (including phenoxy) is 1. The molecule has 0 saturated heterocycles. The van der Waals surface area contributed by atoms with Gasteiger partial charge in [0.2, 0.25) is 5.88 Å². The first-order valence-electron chi connectivity index (χ1n) is 4.08. The molecular formula is C10H10BrNO2. The van der Waals surface area contributed by atoms with Crippen LogP contribution in [0.4, 0.5) is 0 Å². The van der Waals surface area contributed by atoms with Gasteiger partial charge < -0.3 is 9.84 Å². The summed E-state index contributed by atoms with van der Waals surface area (Å²) in [6.45, 7) is 0.0687. The van der Waals surface area contributed by atoms with E-state index in [4.69, 9.17) is 9.84 Å². The molecule has 1 N–H and O–H groups in total. The van der Waals surface area contributed by atoms with Crippen molar-refractivity contribution < 1.29 is 9.84 Å². The lowest BCUT2D eigenvalue weighted by Crippen LogP contribution is -1.91. The molecule has 0 aliphatic heterocycles. The van der Waals surface area contributed by atoms with Crippen LogP contribution in [0.1, 0.15) is 12.0 Å². The zero-order chi connectivity index (χ0) is 10.4. The molecule has 0 amide bonds. The Morgan fingerprint density at radius 1 is 1.57 bits per heavy atom. The number of rotatable bonds is 2. The molecule has 14 heavy (non-hydrogen) atoms. The van der Waals surface area contributed by atoms with Crippen LogP contribution in [0.5, 0.6) is 5.88 Å². The zero-order valence-electron chi connectivity index (χ0n) is 7.75. The van der Waals surface area contributed by atoms with Crippen LogP contribution >= 0.6 is 15.9 Å². The average molecular weight is 256 g/mol. The molecule has 0 fully saturated rings. The van der Waals surface area contributed by atoms with Gasteiger partial charge >= 0.3 is 0 Å². The molecule has 0 aliphatic carbocycles. The van der Waals surface area contributed by atoms with Crippen LogP contribution in [0, 0.1) is 11.8 Å². The van der Waals surface area contributed by atoms with Crippen LogP contribution in [0.3, 0.4) is 0 Å². The quantitative estimate of drug-likeness (QED) is 0.645. The standard InChI is InChI=1S/C10H10BrNO2/c1-14-10-8(4-2-3-7-13)5-6-9(11)12-10/h5-6,13H,3,7H2,1H3. The maximum Gasteiger partial charge on any atom is 0.230 e. The fourth-order valence-electron chi connectivity index (χ4n) is 0.882. The van der Waals surface area contributed by atoms with Gasteiger partial charge in [-0.05, 0) is 28.1 Å². The third-order valence-electron chi connectivity index (χ3n) is 1.48. The van der Waals surface area contributed by atoms with E-state index >= 15 is 0 Å².